The third-order valence-corrected chi connectivity index (χ3v) is 5.76. The zero-order valence-electron chi connectivity index (χ0n) is 20.1. The predicted molar refractivity (Wildman–Crippen MR) is 130 cm³/mol. The van der Waals surface area contributed by atoms with Crippen molar-refractivity contribution in [1.82, 2.24) is 4.90 Å². The zero-order chi connectivity index (χ0) is 25.0. The van der Waals surface area contributed by atoms with Gasteiger partial charge in [0, 0.05) is 13.7 Å². The second-order valence-electron chi connectivity index (χ2n) is 8.59. The standard InChI is InChI=1S/C26H30ClNO6/c1-15(2)14-34-18-8-6-7-17(13-18)22-21(24(30)26(31)28(22)9-10-32-4)23(29)19-11-16(3)12-20(27)25(19)33-5/h6-8,11-13,15,22,29H,9-10,14H2,1-5H3/b23-21+. The van der Waals surface area contributed by atoms with Crippen LogP contribution in [0.5, 0.6) is 11.5 Å². The van der Waals surface area contributed by atoms with Gasteiger partial charge in [0.05, 0.1) is 42.5 Å². The SMILES string of the molecule is COCCN1C(=O)C(=O)/C(=C(/O)c2cc(C)cc(Cl)c2OC)C1c1cccc(OCC(C)C)c1. The number of methoxy groups -OCH3 is 2. The molecule has 1 N–H and O–H groups in total. The molecule has 7 nitrogen and oxygen atoms in total. The molecular formula is C26H30ClNO6. The number of ether oxygens (including phenoxy) is 3. The van der Waals surface area contributed by atoms with Crippen LogP contribution in [0.2, 0.25) is 5.02 Å². The van der Waals surface area contributed by atoms with Gasteiger partial charge in [-0.25, -0.2) is 0 Å². The minimum Gasteiger partial charge on any atom is -0.507 e. The number of halogens is 1. The molecule has 1 unspecified atom stereocenters. The maximum atomic E-state index is 13.2. The first kappa shape index (κ1) is 25.6. The Balaban J connectivity index is 2.20. The number of nitrogens with zero attached hydrogens (tertiary/aromatic N) is 1. The Morgan fingerprint density at radius 1 is 1.18 bits per heavy atom. The molecule has 2 aromatic carbocycles. The van der Waals surface area contributed by atoms with Crippen LogP contribution in [-0.4, -0.2) is 55.7 Å². The van der Waals surface area contributed by atoms with Crippen molar-refractivity contribution in [3.05, 3.63) is 63.7 Å². The summed E-state index contributed by atoms with van der Waals surface area (Å²) in [4.78, 5) is 27.6. The Morgan fingerprint density at radius 2 is 1.91 bits per heavy atom. The molecule has 1 aliphatic rings. The summed E-state index contributed by atoms with van der Waals surface area (Å²) < 4.78 is 16.4. The number of carbonyl (C=O) groups is 2. The highest BCUT2D eigenvalue weighted by Crippen LogP contribution is 2.43. The van der Waals surface area contributed by atoms with Gasteiger partial charge in [0.1, 0.15) is 17.3 Å². The van der Waals surface area contributed by atoms with Crippen LogP contribution < -0.4 is 9.47 Å². The second-order valence-corrected chi connectivity index (χ2v) is 9.00. The lowest BCUT2D eigenvalue weighted by Gasteiger charge is -2.25. The molecule has 0 aliphatic carbocycles. The summed E-state index contributed by atoms with van der Waals surface area (Å²) >= 11 is 6.33. The Hall–Kier alpha value is -3.03. The summed E-state index contributed by atoms with van der Waals surface area (Å²) in [6.07, 6.45) is 0. The topological polar surface area (TPSA) is 85.3 Å². The third-order valence-electron chi connectivity index (χ3n) is 5.48. The van der Waals surface area contributed by atoms with Gasteiger partial charge in [0.25, 0.3) is 11.7 Å². The molecule has 1 heterocycles. The number of ketones is 1. The Bertz CT molecular complexity index is 1110. The lowest BCUT2D eigenvalue weighted by atomic mass is 9.94. The summed E-state index contributed by atoms with van der Waals surface area (Å²) in [7, 11) is 2.95. The molecule has 1 saturated heterocycles. The van der Waals surface area contributed by atoms with E-state index < -0.39 is 17.7 Å². The predicted octanol–water partition coefficient (Wildman–Crippen LogP) is 4.76. The number of benzene rings is 2. The quantitative estimate of drug-likeness (QED) is 0.312. The largest absolute Gasteiger partial charge is 0.507 e. The summed E-state index contributed by atoms with van der Waals surface area (Å²) in [5.74, 6) is -0.685. The van der Waals surface area contributed by atoms with E-state index in [1.54, 1.807) is 30.3 Å². The van der Waals surface area contributed by atoms with Gasteiger partial charge in [-0.3, -0.25) is 9.59 Å². The summed E-state index contributed by atoms with van der Waals surface area (Å²) in [6.45, 7) is 6.82. The molecule has 1 fully saturated rings. The number of aliphatic hydroxyl groups is 1. The molecule has 34 heavy (non-hydrogen) atoms. The van der Waals surface area contributed by atoms with Gasteiger partial charge in [-0.05, 0) is 48.2 Å². The number of aryl methyl sites for hydroxylation is 1. The molecule has 0 bridgehead atoms. The molecule has 0 radical (unpaired) electrons. The maximum Gasteiger partial charge on any atom is 0.295 e. The van der Waals surface area contributed by atoms with E-state index in [4.69, 9.17) is 25.8 Å². The number of rotatable bonds is 9. The highest BCUT2D eigenvalue weighted by atomic mass is 35.5. The molecule has 1 atom stereocenters. The van der Waals surface area contributed by atoms with Gasteiger partial charge in [-0.2, -0.15) is 0 Å². The van der Waals surface area contributed by atoms with Gasteiger partial charge in [-0.1, -0.05) is 37.6 Å². The minimum atomic E-state index is -0.832. The molecule has 1 amide bonds. The van der Waals surface area contributed by atoms with Gasteiger partial charge >= 0.3 is 0 Å². The first-order valence-corrected chi connectivity index (χ1v) is 11.4. The monoisotopic (exact) mass is 487 g/mol. The molecule has 0 aromatic heterocycles. The van der Waals surface area contributed by atoms with Crippen LogP contribution in [0.15, 0.2) is 42.0 Å². The van der Waals surface area contributed by atoms with Crippen LogP contribution in [0.1, 0.15) is 36.6 Å². The van der Waals surface area contributed by atoms with E-state index in [0.717, 1.165) is 5.56 Å². The minimum absolute atomic E-state index is 0.0397. The molecular weight excluding hydrogens is 458 g/mol. The van der Waals surface area contributed by atoms with Crippen molar-refractivity contribution in [3.63, 3.8) is 0 Å². The summed E-state index contributed by atoms with van der Waals surface area (Å²) in [5, 5.41) is 11.7. The lowest BCUT2D eigenvalue weighted by Crippen LogP contribution is -2.32. The van der Waals surface area contributed by atoms with Crippen molar-refractivity contribution in [3.8, 4) is 11.5 Å². The number of hydrogen-bond donors (Lipinski definition) is 1. The van der Waals surface area contributed by atoms with E-state index in [9.17, 15) is 14.7 Å². The van der Waals surface area contributed by atoms with E-state index >= 15 is 0 Å². The fourth-order valence-electron chi connectivity index (χ4n) is 3.94. The van der Waals surface area contributed by atoms with Crippen LogP contribution in [0.4, 0.5) is 0 Å². The second kappa shape index (κ2) is 10.9. The molecule has 0 saturated carbocycles. The number of aliphatic hydroxyl groups excluding tert-OH is 1. The van der Waals surface area contributed by atoms with Crippen molar-refractivity contribution >= 4 is 29.1 Å². The van der Waals surface area contributed by atoms with Gasteiger partial charge in [-0.15, -0.1) is 0 Å². The molecule has 0 spiro atoms. The van der Waals surface area contributed by atoms with Gasteiger partial charge < -0.3 is 24.2 Å². The van der Waals surface area contributed by atoms with E-state index in [0.29, 0.717) is 28.9 Å². The van der Waals surface area contributed by atoms with Crippen LogP contribution in [0, 0.1) is 12.8 Å². The number of carbonyl (C=O) groups excluding carboxylic acids is 2. The van der Waals surface area contributed by atoms with Gasteiger partial charge in [0.15, 0.2) is 0 Å². The number of likely N-dealkylation sites (tertiary alicyclic amines) is 1. The number of amides is 1. The smallest absolute Gasteiger partial charge is 0.295 e. The Labute approximate surface area is 204 Å². The highest BCUT2D eigenvalue weighted by Gasteiger charge is 2.46. The van der Waals surface area contributed by atoms with Crippen molar-refractivity contribution in [2.24, 2.45) is 5.92 Å². The van der Waals surface area contributed by atoms with E-state index in [-0.39, 0.29) is 35.8 Å². The highest BCUT2D eigenvalue weighted by molar-refractivity contribution is 6.46. The van der Waals surface area contributed by atoms with Crippen molar-refractivity contribution in [1.29, 1.82) is 0 Å². The van der Waals surface area contributed by atoms with Crippen LogP contribution in [0.25, 0.3) is 5.76 Å². The Kier molecular flexibility index (Phi) is 8.23. The average Bonchev–Trinajstić information content (AvgIpc) is 3.05. The molecule has 182 valence electrons. The summed E-state index contributed by atoms with van der Waals surface area (Å²) in [5.41, 5.74) is 1.61. The number of Topliss-reactive ketones (excluding diaryl/α,β-unsaturated/α-hetero) is 1. The van der Waals surface area contributed by atoms with Crippen molar-refractivity contribution in [2.45, 2.75) is 26.8 Å². The number of hydrogen-bond acceptors (Lipinski definition) is 6. The van der Waals surface area contributed by atoms with E-state index in [1.165, 1.54) is 19.1 Å². The fraction of sp³-hybridized carbons (Fsp3) is 0.385. The lowest BCUT2D eigenvalue weighted by molar-refractivity contribution is -0.140. The molecule has 1 aliphatic heterocycles. The van der Waals surface area contributed by atoms with Crippen LogP contribution in [0.3, 0.4) is 0 Å². The Morgan fingerprint density at radius 3 is 2.56 bits per heavy atom. The van der Waals surface area contributed by atoms with Crippen LogP contribution in [-0.2, 0) is 14.3 Å². The first-order chi connectivity index (χ1) is 16.2. The summed E-state index contributed by atoms with van der Waals surface area (Å²) in [6, 6.07) is 9.73. The van der Waals surface area contributed by atoms with Crippen LogP contribution >= 0.6 is 11.6 Å². The fourth-order valence-corrected chi connectivity index (χ4v) is 4.29. The molecule has 8 heteroatoms. The van der Waals surface area contributed by atoms with E-state index in [1.807, 2.05) is 26.8 Å². The van der Waals surface area contributed by atoms with E-state index in [2.05, 4.69) is 0 Å². The maximum absolute atomic E-state index is 13.2. The van der Waals surface area contributed by atoms with Crippen molar-refractivity contribution in [2.75, 3.05) is 34.0 Å². The van der Waals surface area contributed by atoms with Crippen molar-refractivity contribution < 1.29 is 28.9 Å². The normalized spacial score (nSPS) is 17.5. The third kappa shape index (κ3) is 5.21. The van der Waals surface area contributed by atoms with Gasteiger partial charge in [0.2, 0.25) is 0 Å². The first-order valence-electron chi connectivity index (χ1n) is 11.0. The average molecular weight is 488 g/mol. The zero-order valence-corrected chi connectivity index (χ0v) is 20.8. The molecule has 3 rings (SSSR count). The molecule has 2 aromatic rings.